The van der Waals surface area contributed by atoms with Crippen LogP contribution in [0, 0.1) is 0 Å². The summed E-state index contributed by atoms with van der Waals surface area (Å²) in [5.74, 6) is -0.168. The lowest BCUT2D eigenvalue weighted by atomic mass is 10.0. The number of carboxylic acid groups (broad SMARTS) is 1. The zero-order chi connectivity index (χ0) is 20.5. The first-order valence-corrected chi connectivity index (χ1v) is 9.94. The molecule has 0 aliphatic carbocycles. The number of likely N-dealkylation sites (tertiary alicyclic amines) is 1. The molecule has 1 N–H and O–H groups in total. The smallest absolute Gasteiger partial charge is 0.317 e. The maximum Gasteiger partial charge on any atom is 0.317 e. The van der Waals surface area contributed by atoms with E-state index in [1.807, 2.05) is 18.7 Å². The van der Waals surface area contributed by atoms with E-state index in [-0.39, 0.29) is 37.1 Å². The third kappa shape index (κ3) is 6.34. The molecule has 1 amide bonds. The average Bonchev–Trinajstić information content (AvgIpc) is 2.70. The van der Waals surface area contributed by atoms with Crippen molar-refractivity contribution >= 4 is 17.7 Å². The normalized spacial score (nSPS) is 14.9. The molecule has 0 aromatic heterocycles. The van der Waals surface area contributed by atoms with Gasteiger partial charge in [0.2, 0.25) is 5.91 Å². The van der Waals surface area contributed by atoms with Gasteiger partial charge in [0.25, 0.3) is 0 Å². The standard InChI is InChI=1S/C21H30N2O5/c1-3-22(15-21(26)27)17-11-13-23(14-12-17)20(25)10-9-19(24)16-5-7-18(8-6-16)28-4-2/h5-8,17H,3-4,9-15H2,1-2H3,(H,26,27). The molecule has 1 heterocycles. The summed E-state index contributed by atoms with van der Waals surface area (Å²) in [5, 5.41) is 9.00. The second-order valence-corrected chi connectivity index (χ2v) is 6.95. The number of carboxylic acids is 1. The van der Waals surface area contributed by atoms with Gasteiger partial charge in [0.15, 0.2) is 5.78 Å². The zero-order valence-corrected chi connectivity index (χ0v) is 16.7. The van der Waals surface area contributed by atoms with Crippen LogP contribution in [0.1, 0.15) is 49.9 Å². The van der Waals surface area contributed by atoms with Gasteiger partial charge in [0, 0.05) is 37.5 Å². The molecule has 7 nitrogen and oxygen atoms in total. The van der Waals surface area contributed by atoms with Crippen molar-refractivity contribution in [2.24, 2.45) is 0 Å². The minimum atomic E-state index is -0.826. The number of nitrogens with zero attached hydrogens (tertiary/aromatic N) is 2. The van der Waals surface area contributed by atoms with Gasteiger partial charge in [0.05, 0.1) is 13.2 Å². The maximum absolute atomic E-state index is 12.4. The molecule has 0 atom stereocenters. The van der Waals surface area contributed by atoms with Gasteiger partial charge in [0.1, 0.15) is 5.75 Å². The van der Waals surface area contributed by atoms with Gasteiger partial charge < -0.3 is 14.7 Å². The van der Waals surface area contributed by atoms with Crippen molar-refractivity contribution in [3.8, 4) is 5.75 Å². The topological polar surface area (TPSA) is 87.2 Å². The van der Waals surface area contributed by atoms with Crippen molar-refractivity contribution in [2.45, 2.75) is 45.6 Å². The van der Waals surface area contributed by atoms with E-state index < -0.39 is 5.97 Å². The number of piperidine rings is 1. The number of Topliss-reactive ketones (excluding diaryl/α,β-unsaturated/α-hetero) is 1. The Hall–Kier alpha value is -2.41. The molecule has 2 rings (SSSR count). The van der Waals surface area contributed by atoms with Crippen LogP contribution in [0.5, 0.6) is 5.75 Å². The molecule has 1 fully saturated rings. The summed E-state index contributed by atoms with van der Waals surface area (Å²) in [6, 6.07) is 7.17. The fraction of sp³-hybridized carbons (Fsp3) is 0.571. The van der Waals surface area contributed by atoms with Gasteiger partial charge in [-0.15, -0.1) is 0 Å². The summed E-state index contributed by atoms with van der Waals surface area (Å²) in [4.78, 5) is 39.4. The number of hydrogen-bond acceptors (Lipinski definition) is 5. The van der Waals surface area contributed by atoms with Gasteiger partial charge in [-0.2, -0.15) is 0 Å². The van der Waals surface area contributed by atoms with Crippen LogP contribution in [0.25, 0.3) is 0 Å². The highest BCUT2D eigenvalue weighted by Gasteiger charge is 2.27. The summed E-state index contributed by atoms with van der Waals surface area (Å²) in [6.45, 7) is 6.36. The number of rotatable bonds is 10. The van der Waals surface area contributed by atoms with Crippen LogP contribution >= 0.6 is 0 Å². The quantitative estimate of drug-likeness (QED) is 0.618. The summed E-state index contributed by atoms with van der Waals surface area (Å²) in [6.07, 6.45) is 1.91. The number of benzene rings is 1. The molecule has 1 aromatic rings. The van der Waals surface area contributed by atoms with E-state index in [4.69, 9.17) is 9.84 Å². The predicted octanol–water partition coefficient (Wildman–Crippen LogP) is 2.45. The second-order valence-electron chi connectivity index (χ2n) is 6.95. The first kappa shape index (κ1) is 21.9. The largest absolute Gasteiger partial charge is 0.494 e. The van der Waals surface area contributed by atoms with E-state index in [2.05, 4.69) is 0 Å². The van der Waals surface area contributed by atoms with Crippen LogP contribution in [0.15, 0.2) is 24.3 Å². The molecule has 0 spiro atoms. The number of aliphatic carboxylic acids is 1. The number of hydrogen-bond donors (Lipinski definition) is 1. The lowest BCUT2D eigenvalue weighted by Gasteiger charge is -2.37. The van der Waals surface area contributed by atoms with Crippen molar-refractivity contribution < 1.29 is 24.2 Å². The van der Waals surface area contributed by atoms with Crippen LogP contribution in [-0.4, -0.2) is 71.4 Å². The van der Waals surface area contributed by atoms with E-state index in [1.54, 1.807) is 29.2 Å². The Balaban J connectivity index is 1.77. The molecule has 28 heavy (non-hydrogen) atoms. The summed E-state index contributed by atoms with van der Waals surface area (Å²) >= 11 is 0. The Morgan fingerprint density at radius 1 is 1.11 bits per heavy atom. The number of ether oxygens (including phenoxy) is 1. The molecule has 0 radical (unpaired) electrons. The number of amides is 1. The third-order valence-corrected chi connectivity index (χ3v) is 5.13. The van der Waals surface area contributed by atoms with Crippen molar-refractivity contribution in [1.29, 1.82) is 0 Å². The second kappa shape index (κ2) is 10.8. The maximum atomic E-state index is 12.4. The van der Waals surface area contributed by atoms with Crippen LogP contribution in [0.4, 0.5) is 0 Å². The highest BCUT2D eigenvalue weighted by molar-refractivity contribution is 5.98. The highest BCUT2D eigenvalue weighted by atomic mass is 16.5. The highest BCUT2D eigenvalue weighted by Crippen LogP contribution is 2.18. The summed E-state index contributed by atoms with van der Waals surface area (Å²) in [7, 11) is 0. The fourth-order valence-electron chi connectivity index (χ4n) is 3.58. The van der Waals surface area contributed by atoms with Gasteiger partial charge >= 0.3 is 5.97 Å². The van der Waals surface area contributed by atoms with Crippen LogP contribution in [0.2, 0.25) is 0 Å². The minimum absolute atomic E-state index is 0.0148. The third-order valence-electron chi connectivity index (χ3n) is 5.13. The number of likely N-dealkylation sites (N-methyl/N-ethyl adjacent to an activating group) is 1. The molecule has 7 heteroatoms. The summed E-state index contributed by atoms with van der Waals surface area (Å²) in [5.41, 5.74) is 0.585. The SMILES string of the molecule is CCOc1ccc(C(=O)CCC(=O)N2CCC(N(CC)CC(=O)O)CC2)cc1. The van der Waals surface area contributed by atoms with Gasteiger partial charge in [-0.05, 0) is 50.6 Å². The lowest BCUT2D eigenvalue weighted by molar-refractivity contribution is -0.140. The lowest BCUT2D eigenvalue weighted by Crippen LogP contribution is -2.48. The summed E-state index contributed by atoms with van der Waals surface area (Å²) < 4.78 is 5.36. The van der Waals surface area contributed by atoms with Crippen molar-refractivity contribution in [3.05, 3.63) is 29.8 Å². The Morgan fingerprint density at radius 3 is 2.29 bits per heavy atom. The molecule has 1 aromatic carbocycles. The van der Waals surface area contributed by atoms with E-state index >= 15 is 0 Å². The van der Waals surface area contributed by atoms with E-state index in [9.17, 15) is 14.4 Å². The molecule has 0 saturated carbocycles. The predicted molar refractivity (Wildman–Crippen MR) is 106 cm³/mol. The van der Waals surface area contributed by atoms with Crippen LogP contribution in [0.3, 0.4) is 0 Å². The van der Waals surface area contributed by atoms with Gasteiger partial charge in [-0.1, -0.05) is 6.92 Å². The zero-order valence-electron chi connectivity index (χ0n) is 16.7. The van der Waals surface area contributed by atoms with E-state index in [0.717, 1.165) is 18.6 Å². The average molecular weight is 390 g/mol. The first-order valence-electron chi connectivity index (χ1n) is 9.94. The Morgan fingerprint density at radius 2 is 1.75 bits per heavy atom. The van der Waals surface area contributed by atoms with E-state index in [0.29, 0.717) is 31.8 Å². The van der Waals surface area contributed by atoms with Crippen LogP contribution in [-0.2, 0) is 9.59 Å². The van der Waals surface area contributed by atoms with E-state index in [1.165, 1.54) is 0 Å². The minimum Gasteiger partial charge on any atom is -0.494 e. The van der Waals surface area contributed by atoms with Crippen molar-refractivity contribution in [2.75, 3.05) is 32.8 Å². The van der Waals surface area contributed by atoms with Crippen molar-refractivity contribution in [1.82, 2.24) is 9.80 Å². The molecule has 1 aliphatic rings. The first-order chi connectivity index (χ1) is 13.4. The van der Waals surface area contributed by atoms with Crippen molar-refractivity contribution in [3.63, 3.8) is 0 Å². The molecule has 0 unspecified atom stereocenters. The molecule has 1 saturated heterocycles. The van der Waals surface area contributed by atoms with Gasteiger partial charge in [-0.3, -0.25) is 19.3 Å². The Kier molecular flexibility index (Phi) is 8.44. The molecule has 154 valence electrons. The molecule has 1 aliphatic heterocycles. The molecule has 0 bridgehead atoms. The monoisotopic (exact) mass is 390 g/mol. The molecular weight excluding hydrogens is 360 g/mol. The Bertz CT molecular complexity index is 666. The number of ketones is 1. The molecular formula is C21H30N2O5. The number of carbonyl (C=O) groups excluding carboxylic acids is 2. The number of carbonyl (C=O) groups is 3. The fourth-order valence-corrected chi connectivity index (χ4v) is 3.58. The van der Waals surface area contributed by atoms with Crippen LogP contribution < -0.4 is 4.74 Å². The Labute approximate surface area is 166 Å². The van der Waals surface area contributed by atoms with Gasteiger partial charge in [-0.25, -0.2) is 0 Å².